The van der Waals surface area contributed by atoms with Crippen molar-refractivity contribution in [3.8, 4) is 28.8 Å². The van der Waals surface area contributed by atoms with Crippen LogP contribution in [0.5, 0.6) is 11.5 Å². The van der Waals surface area contributed by atoms with E-state index in [1.807, 2.05) is 18.2 Å². The monoisotopic (exact) mass is 493 g/mol. The molecule has 0 saturated heterocycles. The molecule has 0 fully saturated rings. The Balaban J connectivity index is 1.44. The number of thiazole rings is 1. The van der Waals surface area contributed by atoms with E-state index >= 15 is 0 Å². The number of halogens is 1. The zero-order valence-electron chi connectivity index (χ0n) is 15.7. The van der Waals surface area contributed by atoms with Crippen LogP contribution < -0.4 is 20.4 Å². The largest absolute Gasteiger partial charge is 0.454 e. The molecule has 2 aromatic carbocycles. The number of hydrogen-bond donors (Lipinski definition) is 1. The second-order valence-corrected chi connectivity index (χ2v) is 8.32. The maximum Gasteiger partial charge on any atom is 0.345 e. The van der Waals surface area contributed by atoms with Crippen molar-refractivity contribution in [1.29, 1.82) is 5.26 Å². The third kappa shape index (κ3) is 3.79. The SMILES string of the molecule is N#CC(=CNc1ccc2c(c1)OCO2)c1nc(-c2cc3cc(Br)ccc3oc2=O)cs1. The molecule has 0 bridgehead atoms. The van der Waals surface area contributed by atoms with Gasteiger partial charge in [-0.3, -0.25) is 0 Å². The minimum absolute atomic E-state index is 0.194. The van der Waals surface area contributed by atoms with E-state index < -0.39 is 5.63 Å². The van der Waals surface area contributed by atoms with E-state index in [-0.39, 0.29) is 6.79 Å². The van der Waals surface area contributed by atoms with Crippen molar-refractivity contribution in [3.05, 3.63) is 73.9 Å². The van der Waals surface area contributed by atoms with Crippen molar-refractivity contribution >= 4 is 49.5 Å². The summed E-state index contributed by atoms with van der Waals surface area (Å²) in [5.41, 5.74) is 1.90. The highest BCUT2D eigenvalue weighted by Crippen LogP contribution is 2.34. The number of nitrogens with zero attached hydrogens (tertiary/aromatic N) is 2. The predicted octanol–water partition coefficient (Wildman–Crippen LogP) is 5.38. The molecule has 152 valence electrons. The molecule has 0 saturated carbocycles. The van der Waals surface area contributed by atoms with E-state index in [1.54, 1.807) is 35.8 Å². The number of aromatic nitrogens is 1. The van der Waals surface area contributed by atoms with Gasteiger partial charge in [-0.05, 0) is 36.4 Å². The first-order valence-corrected chi connectivity index (χ1v) is 10.7. The Morgan fingerprint density at radius 2 is 2.06 bits per heavy atom. The minimum atomic E-state index is -0.479. The van der Waals surface area contributed by atoms with Crippen LogP contribution in [0.2, 0.25) is 0 Å². The van der Waals surface area contributed by atoms with Crippen LogP contribution in [0.15, 0.2) is 67.7 Å². The van der Waals surface area contributed by atoms with Gasteiger partial charge in [-0.25, -0.2) is 9.78 Å². The molecule has 31 heavy (non-hydrogen) atoms. The Kier molecular flexibility index (Phi) is 4.94. The lowest BCUT2D eigenvalue weighted by Gasteiger charge is -2.03. The van der Waals surface area contributed by atoms with E-state index in [9.17, 15) is 10.1 Å². The van der Waals surface area contributed by atoms with E-state index in [0.29, 0.717) is 38.9 Å². The van der Waals surface area contributed by atoms with Gasteiger partial charge in [-0.1, -0.05) is 15.9 Å². The molecule has 1 N–H and O–H groups in total. The van der Waals surface area contributed by atoms with Gasteiger partial charge in [-0.15, -0.1) is 11.3 Å². The Hall–Kier alpha value is -3.61. The molecule has 0 radical (unpaired) electrons. The normalized spacial score (nSPS) is 12.7. The number of benzene rings is 2. The summed E-state index contributed by atoms with van der Waals surface area (Å²) in [6, 6.07) is 14.7. The Labute approximate surface area is 188 Å². The highest BCUT2D eigenvalue weighted by Gasteiger charge is 2.15. The minimum Gasteiger partial charge on any atom is -0.454 e. The second kappa shape index (κ2) is 7.91. The summed E-state index contributed by atoms with van der Waals surface area (Å²) in [7, 11) is 0. The second-order valence-electron chi connectivity index (χ2n) is 6.55. The van der Waals surface area contributed by atoms with Crippen LogP contribution in [0.25, 0.3) is 27.8 Å². The first-order chi connectivity index (χ1) is 15.1. The number of anilines is 1. The fourth-order valence-electron chi connectivity index (χ4n) is 3.08. The van der Waals surface area contributed by atoms with E-state index in [4.69, 9.17) is 13.9 Å². The molecule has 0 spiro atoms. The quantitative estimate of drug-likeness (QED) is 0.300. The van der Waals surface area contributed by atoms with Gasteiger partial charge in [0.2, 0.25) is 6.79 Å². The van der Waals surface area contributed by atoms with Crippen molar-refractivity contribution in [2.24, 2.45) is 0 Å². The fraction of sp³-hybridized carbons (Fsp3) is 0.0455. The third-order valence-corrected chi connectivity index (χ3v) is 5.95. The lowest BCUT2D eigenvalue weighted by atomic mass is 10.1. The van der Waals surface area contributed by atoms with Gasteiger partial charge < -0.3 is 19.2 Å². The molecule has 1 aliphatic rings. The van der Waals surface area contributed by atoms with Crippen LogP contribution >= 0.6 is 27.3 Å². The number of ether oxygens (including phenoxy) is 2. The lowest BCUT2D eigenvalue weighted by Crippen LogP contribution is -2.03. The number of hydrogen-bond acceptors (Lipinski definition) is 8. The summed E-state index contributed by atoms with van der Waals surface area (Å²) in [5.74, 6) is 1.32. The number of nitrogens with one attached hydrogen (secondary N) is 1. The van der Waals surface area contributed by atoms with Gasteiger partial charge in [0.05, 0.1) is 11.3 Å². The van der Waals surface area contributed by atoms with Crippen LogP contribution in [0.4, 0.5) is 5.69 Å². The van der Waals surface area contributed by atoms with Crippen molar-refractivity contribution in [2.75, 3.05) is 12.1 Å². The van der Waals surface area contributed by atoms with Crippen LogP contribution in [-0.2, 0) is 0 Å². The van der Waals surface area contributed by atoms with Gasteiger partial charge in [0.1, 0.15) is 22.2 Å². The number of fused-ring (bicyclic) bond motifs is 2. The molecule has 9 heteroatoms. The highest BCUT2D eigenvalue weighted by atomic mass is 79.9. The zero-order chi connectivity index (χ0) is 21.4. The maximum atomic E-state index is 12.4. The van der Waals surface area contributed by atoms with Gasteiger partial charge in [0.15, 0.2) is 11.5 Å². The molecule has 4 aromatic rings. The van der Waals surface area contributed by atoms with Crippen LogP contribution in [0.3, 0.4) is 0 Å². The molecule has 5 rings (SSSR count). The summed E-state index contributed by atoms with van der Waals surface area (Å²) >= 11 is 4.69. The van der Waals surface area contributed by atoms with Crippen molar-refractivity contribution in [2.45, 2.75) is 0 Å². The fourth-order valence-corrected chi connectivity index (χ4v) is 4.24. The molecule has 2 aromatic heterocycles. The topological polar surface area (TPSA) is 97.4 Å². The smallest absolute Gasteiger partial charge is 0.345 e. The molecule has 3 heterocycles. The molecule has 0 amide bonds. The molecule has 1 aliphatic heterocycles. The average molecular weight is 494 g/mol. The van der Waals surface area contributed by atoms with Gasteiger partial charge in [0, 0.05) is 33.2 Å². The van der Waals surface area contributed by atoms with Crippen molar-refractivity contribution < 1.29 is 13.9 Å². The van der Waals surface area contributed by atoms with Crippen molar-refractivity contribution in [1.82, 2.24) is 4.98 Å². The number of allylic oxidation sites excluding steroid dienone is 1. The first kappa shape index (κ1) is 19.4. The predicted molar refractivity (Wildman–Crippen MR) is 121 cm³/mol. The standard InChI is InChI=1S/C22H12BrN3O4S/c23-14-1-3-18-12(5-14)6-16(22(27)30-18)17-10-31-21(26-17)13(8-24)9-25-15-2-4-19-20(7-15)29-11-28-19/h1-7,9-10,25H,11H2. The lowest BCUT2D eigenvalue weighted by molar-refractivity contribution is 0.174. The molecule has 7 nitrogen and oxygen atoms in total. The van der Waals surface area contributed by atoms with Crippen LogP contribution in [-0.4, -0.2) is 11.8 Å². The summed E-state index contributed by atoms with van der Waals surface area (Å²) in [5, 5.41) is 15.7. The summed E-state index contributed by atoms with van der Waals surface area (Å²) in [6.07, 6.45) is 1.57. The summed E-state index contributed by atoms with van der Waals surface area (Å²) in [6.45, 7) is 0.194. The van der Waals surface area contributed by atoms with Gasteiger partial charge >= 0.3 is 5.63 Å². The maximum absolute atomic E-state index is 12.4. The number of nitriles is 1. The average Bonchev–Trinajstić information content (AvgIpc) is 3.43. The molecule has 0 atom stereocenters. The Bertz CT molecular complexity index is 1450. The Morgan fingerprint density at radius 3 is 2.94 bits per heavy atom. The summed E-state index contributed by atoms with van der Waals surface area (Å²) < 4.78 is 16.9. The zero-order valence-corrected chi connectivity index (χ0v) is 18.1. The molecular weight excluding hydrogens is 482 g/mol. The first-order valence-electron chi connectivity index (χ1n) is 9.07. The molecule has 0 aliphatic carbocycles. The molecular formula is C22H12BrN3O4S. The van der Waals surface area contributed by atoms with E-state index in [1.165, 1.54) is 11.3 Å². The highest BCUT2D eigenvalue weighted by molar-refractivity contribution is 9.10. The van der Waals surface area contributed by atoms with Gasteiger partial charge in [0.25, 0.3) is 0 Å². The van der Waals surface area contributed by atoms with Crippen LogP contribution in [0.1, 0.15) is 5.01 Å². The molecule has 0 unspecified atom stereocenters. The van der Waals surface area contributed by atoms with E-state index in [2.05, 4.69) is 32.3 Å². The van der Waals surface area contributed by atoms with E-state index in [0.717, 1.165) is 15.5 Å². The van der Waals surface area contributed by atoms with Crippen LogP contribution in [0, 0.1) is 11.3 Å². The Morgan fingerprint density at radius 1 is 1.19 bits per heavy atom. The third-order valence-electron chi connectivity index (χ3n) is 4.58. The number of rotatable bonds is 4. The van der Waals surface area contributed by atoms with Crippen molar-refractivity contribution in [3.63, 3.8) is 0 Å². The van der Waals surface area contributed by atoms with Gasteiger partial charge in [-0.2, -0.15) is 5.26 Å². The summed E-state index contributed by atoms with van der Waals surface area (Å²) in [4.78, 5) is 16.9.